The maximum atomic E-state index is 12.0. The molecule has 1 amide bonds. The van der Waals surface area contributed by atoms with E-state index in [-0.39, 0.29) is 30.8 Å². The molecule has 0 aromatic carbocycles. The molecule has 6 nitrogen and oxygen atoms in total. The van der Waals surface area contributed by atoms with Gasteiger partial charge in [-0.1, -0.05) is 13.8 Å². The molecule has 1 N–H and O–H groups in total. The van der Waals surface area contributed by atoms with Crippen LogP contribution in [0, 0.1) is 11.8 Å². The Hall–Kier alpha value is -1.14. The Bertz CT molecular complexity index is 358. The molecular weight excluding hydrogens is 284 g/mol. The van der Waals surface area contributed by atoms with Crippen molar-refractivity contribution in [3.8, 4) is 0 Å². The summed E-state index contributed by atoms with van der Waals surface area (Å²) in [6.07, 6.45) is 1.91. The fraction of sp³-hybridized carbons (Fsp3) is 0.875. The number of hydrogen-bond acceptors (Lipinski definition) is 4. The largest absolute Gasteiger partial charge is 0.481 e. The van der Waals surface area contributed by atoms with Crippen LogP contribution in [-0.4, -0.2) is 73.2 Å². The number of carbonyl (C=O) groups is 2. The van der Waals surface area contributed by atoms with Crippen molar-refractivity contribution < 1.29 is 19.4 Å². The number of nitrogens with zero attached hydrogens (tertiary/aromatic N) is 2. The van der Waals surface area contributed by atoms with Gasteiger partial charge in [0.1, 0.15) is 6.61 Å². The molecule has 1 fully saturated rings. The number of methoxy groups -OCH3 is 1. The van der Waals surface area contributed by atoms with Gasteiger partial charge in [-0.3, -0.25) is 9.59 Å². The lowest BCUT2D eigenvalue weighted by atomic mass is 9.81. The number of rotatable bonds is 9. The molecule has 0 aromatic rings. The Labute approximate surface area is 133 Å². The van der Waals surface area contributed by atoms with Crippen LogP contribution in [0.15, 0.2) is 0 Å². The zero-order chi connectivity index (χ0) is 16.5. The van der Waals surface area contributed by atoms with Gasteiger partial charge in [-0.05, 0) is 44.3 Å². The first-order valence-corrected chi connectivity index (χ1v) is 8.22. The third-order valence-electron chi connectivity index (χ3n) is 4.66. The molecule has 0 aliphatic carbocycles. The van der Waals surface area contributed by atoms with Crippen molar-refractivity contribution in [2.75, 3.05) is 46.4 Å². The van der Waals surface area contributed by atoms with Gasteiger partial charge in [0.15, 0.2) is 0 Å². The number of carboxylic acids is 1. The summed E-state index contributed by atoms with van der Waals surface area (Å²) in [6, 6.07) is 0. The number of ether oxygens (including phenoxy) is 1. The molecule has 1 aliphatic rings. The second kappa shape index (κ2) is 9.79. The average molecular weight is 314 g/mol. The molecule has 0 saturated carbocycles. The monoisotopic (exact) mass is 314 g/mol. The van der Waals surface area contributed by atoms with Crippen LogP contribution in [0.3, 0.4) is 0 Å². The first-order valence-electron chi connectivity index (χ1n) is 8.22. The van der Waals surface area contributed by atoms with Crippen LogP contribution in [-0.2, 0) is 14.3 Å². The number of carbonyl (C=O) groups excluding carboxylic acids is 1. The molecule has 22 heavy (non-hydrogen) atoms. The highest BCUT2D eigenvalue weighted by Gasteiger charge is 2.32. The number of likely N-dealkylation sites (tertiary alicyclic amines) is 1. The molecule has 0 radical (unpaired) electrons. The maximum absolute atomic E-state index is 12.0. The Morgan fingerprint density at radius 1 is 1.27 bits per heavy atom. The maximum Gasteiger partial charge on any atom is 0.303 e. The molecule has 0 aromatic heterocycles. The Morgan fingerprint density at radius 2 is 1.95 bits per heavy atom. The van der Waals surface area contributed by atoms with E-state index >= 15 is 0 Å². The van der Waals surface area contributed by atoms with Crippen LogP contribution < -0.4 is 0 Å². The van der Waals surface area contributed by atoms with E-state index in [9.17, 15) is 9.59 Å². The van der Waals surface area contributed by atoms with Gasteiger partial charge in [0, 0.05) is 26.6 Å². The van der Waals surface area contributed by atoms with Gasteiger partial charge in [0.05, 0.1) is 0 Å². The lowest BCUT2D eigenvalue weighted by Crippen LogP contribution is -2.46. The molecule has 2 atom stereocenters. The number of piperidine rings is 1. The van der Waals surface area contributed by atoms with Crippen molar-refractivity contribution in [3.05, 3.63) is 0 Å². The van der Waals surface area contributed by atoms with E-state index in [1.54, 1.807) is 0 Å². The quantitative estimate of drug-likeness (QED) is 0.695. The number of amides is 1. The van der Waals surface area contributed by atoms with Crippen LogP contribution in [0.25, 0.3) is 0 Å². The molecule has 1 aliphatic heterocycles. The van der Waals surface area contributed by atoms with Crippen molar-refractivity contribution >= 4 is 11.9 Å². The Kier molecular flexibility index (Phi) is 8.42. The van der Waals surface area contributed by atoms with Gasteiger partial charge in [-0.15, -0.1) is 0 Å². The summed E-state index contributed by atoms with van der Waals surface area (Å²) < 4.78 is 4.92. The molecule has 2 unspecified atom stereocenters. The summed E-state index contributed by atoms with van der Waals surface area (Å²) >= 11 is 0. The summed E-state index contributed by atoms with van der Waals surface area (Å²) in [5.74, 6) is -0.315. The van der Waals surface area contributed by atoms with Crippen molar-refractivity contribution in [1.82, 2.24) is 9.80 Å². The van der Waals surface area contributed by atoms with Crippen LogP contribution in [0.4, 0.5) is 0 Å². The van der Waals surface area contributed by atoms with Crippen molar-refractivity contribution in [2.24, 2.45) is 11.8 Å². The van der Waals surface area contributed by atoms with Gasteiger partial charge in [0.2, 0.25) is 5.91 Å². The average Bonchev–Trinajstić information content (AvgIpc) is 2.49. The highest BCUT2D eigenvalue weighted by atomic mass is 16.5. The fourth-order valence-electron chi connectivity index (χ4n) is 3.23. The lowest BCUT2D eigenvalue weighted by molar-refractivity contribution is -0.141. The van der Waals surface area contributed by atoms with E-state index in [1.165, 1.54) is 7.11 Å². The van der Waals surface area contributed by atoms with Crippen LogP contribution in [0.1, 0.15) is 33.1 Å². The summed E-state index contributed by atoms with van der Waals surface area (Å²) in [6.45, 7) is 8.62. The highest BCUT2D eigenvalue weighted by molar-refractivity contribution is 5.77. The predicted octanol–water partition coefficient (Wildman–Crippen LogP) is 1.30. The molecule has 6 heteroatoms. The molecule has 1 heterocycles. The Balaban J connectivity index is 2.64. The summed E-state index contributed by atoms with van der Waals surface area (Å²) in [4.78, 5) is 27.2. The van der Waals surface area contributed by atoms with E-state index in [1.807, 2.05) is 4.90 Å². The molecule has 1 saturated heterocycles. The molecule has 128 valence electrons. The fourth-order valence-corrected chi connectivity index (χ4v) is 3.23. The second-order valence-electron chi connectivity index (χ2n) is 6.00. The molecule has 1 rings (SSSR count). The zero-order valence-electron chi connectivity index (χ0n) is 14.1. The van der Waals surface area contributed by atoms with Crippen molar-refractivity contribution in [3.63, 3.8) is 0 Å². The minimum Gasteiger partial charge on any atom is -0.481 e. The van der Waals surface area contributed by atoms with Gasteiger partial charge in [-0.25, -0.2) is 0 Å². The first-order chi connectivity index (χ1) is 10.5. The third kappa shape index (κ3) is 5.93. The summed E-state index contributed by atoms with van der Waals surface area (Å²) in [7, 11) is 1.52. The Morgan fingerprint density at radius 3 is 2.50 bits per heavy atom. The zero-order valence-corrected chi connectivity index (χ0v) is 14.1. The molecule has 0 spiro atoms. The van der Waals surface area contributed by atoms with Gasteiger partial charge in [-0.2, -0.15) is 0 Å². The van der Waals surface area contributed by atoms with E-state index in [4.69, 9.17) is 9.84 Å². The SMILES string of the molecule is CCN(CC)CCC1CN(C(=O)COC)CCC1CC(=O)O. The topological polar surface area (TPSA) is 70.1 Å². The first kappa shape index (κ1) is 18.9. The van der Waals surface area contributed by atoms with Crippen molar-refractivity contribution in [2.45, 2.75) is 33.1 Å². The minimum absolute atomic E-state index is 0.00381. The van der Waals surface area contributed by atoms with E-state index in [0.29, 0.717) is 13.1 Å². The van der Waals surface area contributed by atoms with Gasteiger partial charge in [0.25, 0.3) is 0 Å². The van der Waals surface area contributed by atoms with Gasteiger partial charge >= 0.3 is 5.97 Å². The van der Waals surface area contributed by atoms with Crippen LogP contribution >= 0.6 is 0 Å². The minimum atomic E-state index is -0.741. The van der Waals surface area contributed by atoms with Crippen LogP contribution in [0.2, 0.25) is 0 Å². The summed E-state index contributed by atoms with van der Waals surface area (Å²) in [5, 5.41) is 9.10. The molecular formula is C16H30N2O4. The summed E-state index contributed by atoms with van der Waals surface area (Å²) in [5.41, 5.74) is 0. The highest BCUT2D eigenvalue weighted by Crippen LogP contribution is 2.29. The van der Waals surface area contributed by atoms with E-state index < -0.39 is 5.97 Å². The predicted molar refractivity (Wildman–Crippen MR) is 84.7 cm³/mol. The normalized spacial score (nSPS) is 22.1. The smallest absolute Gasteiger partial charge is 0.303 e. The standard InChI is InChI=1S/C16H30N2O4/c1-4-17(5-2)8-6-14-11-18(15(19)12-22-3)9-7-13(14)10-16(20)21/h13-14H,4-12H2,1-3H3,(H,20,21). The van der Waals surface area contributed by atoms with Gasteiger partial charge < -0.3 is 19.6 Å². The molecule has 0 bridgehead atoms. The third-order valence-corrected chi connectivity index (χ3v) is 4.66. The second-order valence-corrected chi connectivity index (χ2v) is 6.00. The number of aliphatic carboxylic acids is 1. The lowest BCUT2D eigenvalue weighted by Gasteiger charge is -2.39. The van der Waals surface area contributed by atoms with E-state index in [0.717, 1.165) is 32.5 Å². The van der Waals surface area contributed by atoms with Crippen LogP contribution in [0.5, 0.6) is 0 Å². The number of hydrogen-bond donors (Lipinski definition) is 1. The van der Waals surface area contributed by atoms with E-state index in [2.05, 4.69) is 18.7 Å². The number of carboxylic acid groups (broad SMARTS) is 1. The van der Waals surface area contributed by atoms with Crippen molar-refractivity contribution in [1.29, 1.82) is 0 Å².